The number of nitrogens with one attached hydrogen (secondary N) is 1. The smallest absolute Gasteiger partial charge is 0.267 e. The number of hydrogen-bond acceptors (Lipinski definition) is 5. The fourth-order valence-corrected chi connectivity index (χ4v) is 3.37. The Kier molecular flexibility index (Phi) is 5.88. The molecule has 31 heavy (non-hydrogen) atoms. The van der Waals surface area contributed by atoms with Gasteiger partial charge in [0.25, 0.3) is 11.3 Å². The van der Waals surface area contributed by atoms with E-state index in [-0.39, 0.29) is 35.3 Å². The van der Waals surface area contributed by atoms with Gasteiger partial charge in [-0.1, -0.05) is 35.5 Å². The second kappa shape index (κ2) is 8.91. The van der Waals surface area contributed by atoms with Crippen molar-refractivity contribution < 1.29 is 13.7 Å². The van der Waals surface area contributed by atoms with Gasteiger partial charge in [0.2, 0.25) is 5.91 Å². The van der Waals surface area contributed by atoms with Gasteiger partial charge in [0, 0.05) is 11.6 Å². The van der Waals surface area contributed by atoms with Crippen LogP contribution in [0.1, 0.15) is 18.9 Å². The van der Waals surface area contributed by atoms with Gasteiger partial charge in [0.15, 0.2) is 0 Å². The van der Waals surface area contributed by atoms with Gasteiger partial charge < -0.3 is 9.84 Å². The largest absolute Gasteiger partial charge is 0.352 e. The molecule has 0 fully saturated rings. The molecule has 2 aromatic carbocycles. The van der Waals surface area contributed by atoms with Crippen LogP contribution in [0.3, 0.4) is 0 Å². The summed E-state index contributed by atoms with van der Waals surface area (Å²) < 4.78 is 19.6. The van der Waals surface area contributed by atoms with Crippen molar-refractivity contribution in [3.8, 4) is 11.3 Å². The Labute approximate surface area is 177 Å². The predicted molar refractivity (Wildman–Crippen MR) is 114 cm³/mol. The van der Waals surface area contributed by atoms with Gasteiger partial charge in [-0.15, -0.1) is 0 Å². The van der Waals surface area contributed by atoms with E-state index in [9.17, 15) is 14.0 Å². The minimum absolute atomic E-state index is 0.0505. The fraction of sp³-hybridized carbons (Fsp3) is 0.217. The van der Waals surface area contributed by atoms with Crippen molar-refractivity contribution in [3.63, 3.8) is 0 Å². The van der Waals surface area contributed by atoms with Crippen molar-refractivity contribution in [2.75, 3.05) is 0 Å². The third-order valence-electron chi connectivity index (χ3n) is 5.01. The minimum atomic E-state index is -0.447. The van der Waals surface area contributed by atoms with Gasteiger partial charge >= 0.3 is 0 Å². The molecule has 0 aliphatic heterocycles. The van der Waals surface area contributed by atoms with Gasteiger partial charge in [-0.05, 0) is 49.6 Å². The van der Waals surface area contributed by atoms with Crippen LogP contribution >= 0.6 is 0 Å². The van der Waals surface area contributed by atoms with Gasteiger partial charge in [-0.3, -0.25) is 14.2 Å². The molecular weight excluding hydrogens is 399 g/mol. The van der Waals surface area contributed by atoms with Crippen LogP contribution in [0.5, 0.6) is 0 Å². The second-order valence-electron chi connectivity index (χ2n) is 7.39. The summed E-state index contributed by atoms with van der Waals surface area (Å²) in [6, 6.07) is 15.5. The van der Waals surface area contributed by atoms with E-state index in [2.05, 4.69) is 15.5 Å². The molecule has 8 heteroatoms. The Bertz CT molecular complexity index is 1250. The Morgan fingerprint density at radius 3 is 2.65 bits per heavy atom. The quantitative estimate of drug-likeness (QED) is 0.495. The van der Waals surface area contributed by atoms with E-state index in [0.29, 0.717) is 5.56 Å². The zero-order valence-corrected chi connectivity index (χ0v) is 16.9. The van der Waals surface area contributed by atoms with Crippen LogP contribution in [0.2, 0.25) is 0 Å². The van der Waals surface area contributed by atoms with Crippen molar-refractivity contribution in [2.45, 2.75) is 32.4 Å². The van der Waals surface area contributed by atoms with Crippen molar-refractivity contribution in [1.29, 1.82) is 0 Å². The number of hydrogen-bond donors (Lipinski definition) is 1. The molecule has 7 nitrogen and oxygen atoms in total. The van der Waals surface area contributed by atoms with Gasteiger partial charge in [0.05, 0.1) is 0 Å². The van der Waals surface area contributed by atoms with Crippen LogP contribution in [-0.2, 0) is 17.8 Å². The molecule has 1 N–H and O–H groups in total. The van der Waals surface area contributed by atoms with Crippen LogP contribution in [0, 0.1) is 5.82 Å². The second-order valence-corrected chi connectivity index (χ2v) is 7.39. The summed E-state index contributed by atoms with van der Waals surface area (Å²) in [5.74, 6) is -0.686. The van der Waals surface area contributed by atoms with E-state index in [4.69, 9.17) is 4.52 Å². The first kappa shape index (κ1) is 20.5. The highest BCUT2D eigenvalue weighted by molar-refractivity contribution is 5.88. The van der Waals surface area contributed by atoms with E-state index in [1.54, 1.807) is 0 Å². The van der Waals surface area contributed by atoms with Crippen LogP contribution in [0.15, 0.2) is 70.2 Å². The Morgan fingerprint density at radius 2 is 1.90 bits per heavy atom. The minimum Gasteiger partial charge on any atom is -0.352 e. The number of rotatable bonds is 7. The molecule has 0 saturated carbocycles. The van der Waals surface area contributed by atoms with Crippen LogP contribution in [0.25, 0.3) is 22.4 Å². The van der Waals surface area contributed by atoms with Gasteiger partial charge in [-0.25, -0.2) is 9.37 Å². The first-order chi connectivity index (χ1) is 15.0. The van der Waals surface area contributed by atoms with E-state index >= 15 is 0 Å². The van der Waals surface area contributed by atoms with E-state index < -0.39 is 11.4 Å². The standard InChI is InChI=1S/C23H21FN4O3/c1-15(7-8-16-5-3-2-4-6-16)26-19(29)13-28-14-25-22-20(23(28)30)21(27-31-22)17-9-11-18(24)12-10-17/h2-6,9-12,14-15H,7-8,13H2,1H3,(H,26,29)/t15-/m0/s1. The fourth-order valence-electron chi connectivity index (χ4n) is 3.37. The molecule has 0 unspecified atom stereocenters. The zero-order valence-electron chi connectivity index (χ0n) is 16.9. The van der Waals surface area contributed by atoms with Gasteiger partial charge in [0.1, 0.15) is 29.8 Å². The van der Waals surface area contributed by atoms with Crippen LogP contribution in [0.4, 0.5) is 4.39 Å². The summed E-state index contributed by atoms with van der Waals surface area (Å²) >= 11 is 0. The number of benzene rings is 2. The van der Waals surface area contributed by atoms with Crippen LogP contribution in [-0.4, -0.2) is 26.7 Å². The highest BCUT2D eigenvalue weighted by Crippen LogP contribution is 2.24. The molecule has 1 atom stereocenters. The number of fused-ring (bicyclic) bond motifs is 1. The van der Waals surface area contributed by atoms with Crippen LogP contribution < -0.4 is 10.9 Å². The zero-order chi connectivity index (χ0) is 21.8. The molecule has 4 rings (SSSR count). The number of carbonyl (C=O) groups excluding carboxylic acids is 1. The van der Waals surface area contributed by atoms with E-state index in [1.165, 1.54) is 40.7 Å². The molecule has 0 aliphatic carbocycles. The van der Waals surface area contributed by atoms with Gasteiger partial charge in [-0.2, -0.15) is 0 Å². The molecule has 2 heterocycles. The SMILES string of the molecule is C[C@@H](CCc1ccccc1)NC(=O)Cn1cnc2onc(-c3ccc(F)cc3)c2c1=O. The summed E-state index contributed by atoms with van der Waals surface area (Å²) in [5.41, 5.74) is 1.61. The molecule has 1 amide bonds. The lowest BCUT2D eigenvalue weighted by atomic mass is 10.1. The Hall–Kier alpha value is -3.81. The average molecular weight is 420 g/mol. The Morgan fingerprint density at radius 1 is 1.16 bits per heavy atom. The van der Waals surface area contributed by atoms with Crippen molar-refractivity contribution in [3.05, 3.63) is 82.7 Å². The van der Waals surface area contributed by atoms with E-state index in [0.717, 1.165) is 12.8 Å². The maximum absolute atomic E-state index is 13.2. The van der Waals surface area contributed by atoms with Crippen molar-refractivity contribution >= 4 is 17.0 Å². The maximum Gasteiger partial charge on any atom is 0.267 e. The first-order valence-corrected chi connectivity index (χ1v) is 9.95. The number of nitrogens with zero attached hydrogens (tertiary/aromatic N) is 3. The number of aryl methyl sites for hydroxylation is 1. The highest BCUT2D eigenvalue weighted by Gasteiger charge is 2.18. The summed E-state index contributed by atoms with van der Waals surface area (Å²) in [5, 5.41) is 6.97. The predicted octanol–water partition coefficient (Wildman–Crippen LogP) is 3.33. The lowest BCUT2D eigenvalue weighted by molar-refractivity contribution is -0.122. The van der Waals surface area contributed by atoms with Crippen molar-refractivity contribution in [1.82, 2.24) is 20.0 Å². The van der Waals surface area contributed by atoms with E-state index in [1.807, 2.05) is 37.3 Å². The third-order valence-corrected chi connectivity index (χ3v) is 5.01. The molecular formula is C23H21FN4O3. The molecule has 0 aliphatic rings. The molecule has 4 aromatic rings. The molecule has 0 bridgehead atoms. The van der Waals surface area contributed by atoms with Crippen molar-refractivity contribution in [2.24, 2.45) is 0 Å². The third kappa shape index (κ3) is 4.69. The number of aromatic nitrogens is 3. The summed E-state index contributed by atoms with van der Waals surface area (Å²) in [7, 11) is 0. The number of halogens is 1. The molecule has 2 aromatic heterocycles. The first-order valence-electron chi connectivity index (χ1n) is 9.95. The molecule has 158 valence electrons. The monoisotopic (exact) mass is 420 g/mol. The molecule has 0 radical (unpaired) electrons. The molecule has 0 spiro atoms. The highest BCUT2D eigenvalue weighted by atomic mass is 19.1. The lowest BCUT2D eigenvalue weighted by Crippen LogP contribution is -2.37. The molecule has 0 saturated heterocycles. The number of carbonyl (C=O) groups is 1. The summed E-state index contributed by atoms with van der Waals surface area (Å²) in [4.78, 5) is 29.5. The summed E-state index contributed by atoms with van der Waals surface area (Å²) in [6.07, 6.45) is 2.89. The summed E-state index contributed by atoms with van der Waals surface area (Å²) in [6.45, 7) is 1.75. The average Bonchev–Trinajstić information content (AvgIpc) is 3.20. The number of amides is 1. The topological polar surface area (TPSA) is 90.0 Å². The maximum atomic E-state index is 13.2. The Balaban J connectivity index is 1.47. The normalized spacial score (nSPS) is 12.1. The lowest BCUT2D eigenvalue weighted by Gasteiger charge is -2.14.